The molecule has 0 saturated heterocycles. The van der Waals surface area contributed by atoms with Crippen LogP contribution in [0.15, 0.2) is 30.5 Å². The highest BCUT2D eigenvalue weighted by Gasteiger charge is 2.15. The highest BCUT2D eigenvalue weighted by Crippen LogP contribution is 2.24. The molecule has 0 saturated carbocycles. The minimum absolute atomic E-state index is 0.284. The van der Waals surface area contributed by atoms with Crippen molar-refractivity contribution in [2.24, 2.45) is 0 Å². The SMILES string of the molecule is Cc1ncc(C(=O)Nc2ccccc2-c2nn[nH]n2)c(C)n1. The Balaban J connectivity index is 1.92. The van der Waals surface area contributed by atoms with Crippen LogP contribution in [0, 0.1) is 13.8 Å². The Bertz CT molecular complexity index is 814. The number of benzene rings is 1. The number of para-hydroxylation sites is 1. The van der Waals surface area contributed by atoms with E-state index < -0.39 is 0 Å². The number of anilines is 1. The molecule has 3 aromatic rings. The Kier molecular flexibility index (Phi) is 3.57. The lowest BCUT2D eigenvalue weighted by Gasteiger charge is -2.10. The molecule has 0 aliphatic heterocycles. The lowest BCUT2D eigenvalue weighted by atomic mass is 10.1. The smallest absolute Gasteiger partial charge is 0.259 e. The number of H-pyrrole nitrogens is 1. The van der Waals surface area contributed by atoms with Gasteiger partial charge >= 0.3 is 0 Å². The minimum Gasteiger partial charge on any atom is -0.321 e. The molecule has 0 bridgehead atoms. The molecule has 2 aromatic heterocycles. The Hall–Kier alpha value is -3.16. The average Bonchev–Trinajstić information content (AvgIpc) is 3.01. The highest BCUT2D eigenvalue weighted by atomic mass is 16.1. The second-order valence-electron chi connectivity index (χ2n) is 4.65. The fourth-order valence-electron chi connectivity index (χ4n) is 2.06. The minimum atomic E-state index is -0.284. The van der Waals surface area contributed by atoms with Crippen molar-refractivity contribution < 1.29 is 4.79 Å². The van der Waals surface area contributed by atoms with E-state index in [9.17, 15) is 4.79 Å². The molecule has 0 aliphatic carbocycles. The van der Waals surface area contributed by atoms with E-state index in [1.807, 2.05) is 12.1 Å². The number of carbonyl (C=O) groups is 1. The van der Waals surface area contributed by atoms with Gasteiger partial charge < -0.3 is 5.32 Å². The lowest BCUT2D eigenvalue weighted by molar-refractivity contribution is 0.102. The maximum Gasteiger partial charge on any atom is 0.259 e. The van der Waals surface area contributed by atoms with Gasteiger partial charge in [-0.25, -0.2) is 9.97 Å². The van der Waals surface area contributed by atoms with Gasteiger partial charge in [0, 0.05) is 11.8 Å². The Morgan fingerprint density at radius 1 is 1.23 bits per heavy atom. The number of aryl methyl sites for hydroxylation is 2. The summed E-state index contributed by atoms with van der Waals surface area (Å²) in [6.45, 7) is 3.55. The summed E-state index contributed by atoms with van der Waals surface area (Å²) in [4.78, 5) is 20.7. The number of carbonyl (C=O) groups excluding carboxylic acids is 1. The fourth-order valence-corrected chi connectivity index (χ4v) is 2.06. The monoisotopic (exact) mass is 295 g/mol. The van der Waals surface area contributed by atoms with Gasteiger partial charge in [0.1, 0.15) is 5.82 Å². The maximum absolute atomic E-state index is 12.4. The predicted octanol–water partition coefficient (Wildman–Crippen LogP) is 1.53. The summed E-state index contributed by atoms with van der Waals surface area (Å²) in [5.41, 5.74) is 2.32. The van der Waals surface area contributed by atoms with Gasteiger partial charge in [-0.2, -0.15) is 5.21 Å². The number of hydrogen-bond donors (Lipinski definition) is 2. The molecule has 1 amide bonds. The van der Waals surface area contributed by atoms with Crippen molar-refractivity contribution in [1.29, 1.82) is 0 Å². The first-order valence-corrected chi connectivity index (χ1v) is 6.59. The zero-order chi connectivity index (χ0) is 15.5. The summed E-state index contributed by atoms with van der Waals surface area (Å²) in [6, 6.07) is 7.23. The quantitative estimate of drug-likeness (QED) is 0.758. The van der Waals surface area contributed by atoms with Crippen LogP contribution in [-0.4, -0.2) is 36.5 Å². The Morgan fingerprint density at radius 2 is 2.05 bits per heavy atom. The molecule has 8 nitrogen and oxygen atoms in total. The van der Waals surface area contributed by atoms with E-state index in [1.165, 1.54) is 6.20 Å². The van der Waals surface area contributed by atoms with Crippen molar-refractivity contribution in [3.63, 3.8) is 0 Å². The summed E-state index contributed by atoms with van der Waals surface area (Å²) >= 11 is 0. The molecule has 0 fully saturated rings. The molecule has 8 heteroatoms. The summed E-state index contributed by atoms with van der Waals surface area (Å²) in [7, 11) is 0. The van der Waals surface area contributed by atoms with E-state index in [-0.39, 0.29) is 5.91 Å². The second kappa shape index (κ2) is 5.68. The van der Waals surface area contributed by atoms with Crippen LogP contribution in [0.5, 0.6) is 0 Å². The van der Waals surface area contributed by atoms with Crippen molar-refractivity contribution in [3.8, 4) is 11.4 Å². The molecule has 0 spiro atoms. The first-order chi connectivity index (χ1) is 10.6. The molecule has 0 radical (unpaired) electrons. The number of tetrazole rings is 1. The van der Waals surface area contributed by atoms with Crippen LogP contribution in [0.3, 0.4) is 0 Å². The van der Waals surface area contributed by atoms with E-state index in [2.05, 4.69) is 35.9 Å². The van der Waals surface area contributed by atoms with Gasteiger partial charge in [-0.15, -0.1) is 10.2 Å². The van der Waals surface area contributed by atoms with Crippen LogP contribution in [0.2, 0.25) is 0 Å². The van der Waals surface area contributed by atoms with Crippen molar-refractivity contribution in [3.05, 3.63) is 47.5 Å². The second-order valence-corrected chi connectivity index (χ2v) is 4.65. The summed E-state index contributed by atoms with van der Waals surface area (Å²) in [5, 5.41) is 16.6. The van der Waals surface area contributed by atoms with Crippen LogP contribution in [-0.2, 0) is 0 Å². The van der Waals surface area contributed by atoms with Crippen molar-refractivity contribution in [2.75, 3.05) is 5.32 Å². The molecule has 2 heterocycles. The van der Waals surface area contributed by atoms with Crippen LogP contribution in [0.4, 0.5) is 5.69 Å². The highest BCUT2D eigenvalue weighted by molar-refractivity contribution is 6.06. The van der Waals surface area contributed by atoms with Gasteiger partial charge in [0.05, 0.1) is 16.9 Å². The van der Waals surface area contributed by atoms with Crippen LogP contribution in [0.25, 0.3) is 11.4 Å². The zero-order valence-corrected chi connectivity index (χ0v) is 12.0. The maximum atomic E-state index is 12.4. The standard InChI is InChI=1S/C14H13N7O/c1-8-11(7-15-9(2)16-8)14(22)17-12-6-4-3-5-10(12)13-18-20-21-19-13/h3-7H,1-2H3,(H,17,22)(H,18,19,20,21). The topological polar surface area (TPSA) is 109 Å². The lowest BCUT2D eigenvalue weighted by Crippen LogP contribution is -2.15. The zero-order valence-electron chi connectivity index (χ0n) is 12.0. The Labute approximate surface area is 126 Å². The molecule has 0 atom stereocenters. The Morgan fingerprint density at radius 3 is 2.77 bits per heavy atom. The third kappa shape index (κ3) is 2.66. The molecule has 110 valence electrons. The van der Waals surface area contributed by atoms with E-state index in [0.29, 0.717) is 34.2 Å². The largest absolute Gasteiger partial charge is 0.321 e. The van der Waals surface area contributed by atoms with E-state index in [1.54, 1.807) is 26.0 Å². The first-order valence-electron chi connectivity index (χ1n) is 6.59. The average molecular weight is 295 g/mol. The van der Waals surface area contributed by atoms with E-state index in [4.69, 9.17) is 0 Å². The molecular formula is C14H13N7O. The predicted molar refractivity (Wildman–Crippen MR) is 79.1 cm³/mol. The van der Waals surface area contributed by atoms with E-state index >= 15 is 0 Å². The third-order valence-corrected chi connectivity index (χ3v) is 3.11. The van der Waals surface area contributed by atoms with Crippen LogP contribution < -0.4 is 5.32 Å². The van der Waals surface area contributed by atoms with Crippen LogP contribution in [0.1, 0.15) is 21.9 Å². The van der Waals surface area contributed by atoms with Gasteiger partial charge in [0.15, 0.2) is 0 Å². The molecule has 3 rings (SSSR count). The molecule has 1 aromatic carbocycles. The molecular weight excluding hydrogens is 282 g/mol. The number of aromatic nitrogens is 6. The van der Waals surface area contributed by atoms with Gasteiger partial charge in [0.25, 0.3) is 5.91 Å². The fraction of sp³-hybridized carbons (Fsp3) is 0.143. The molecule has 22 heavy (non-hydrogen) atoms. The van der Waals surface area contributed by atoms with Crippen molar-refractivity contribution in [1.82, 2.24) is 30.6 Å². The van der Waals surface area contributed by atoms with E-state index in [0.717, 1.165) is 0 Å². The number of aromatic amines is 1. The summed E-state index contributed by atoms with van der Waals surface area (Å²) in [6.07, 6.45) is 1.52. The molecule has 0 unspecified atom stereocenters. The first kappa shape index (κ1) is 13.8. The number of hydrogen-bond acceptors (Lipinski definition) is 6. The van der Waals surface area contributed by atoms with Crippen LogP contribution >= 0.6 is 0 Å². The number of nitrogens with one attached hydrogen (secondary N) is 2. The number of rotatable bonds is 3. The number of nitrogens with zero attached hydrogens (tertiary/aromatic N) is 5. The van der Waals surface area contributed by atoms with Gasteiger partial charge in [-0.05, 0) is 31.2 Å². The third-order valence-electron chi connectivity index (χ3n) is 3.11. The summed E-state index contributed by atoms with van der Waals surface area (Å²) < 4.78 is 0. The van der Waals surface area contributed by atoms with Crippen molar-refractivity contribution >= 4 is 11.6 Å². The summed E-state index contributed by atoms with van der Waals surface area (Å²) in [5.74, 6) is 0.752. The molecule has 2 N–H and O–H groups in total. The molecule has 0 aliphatic rings. The van der Waals surface area contributed by atoms with Gasteiger partial charge in [0.2, 0.25) is 5.82 Å². The van der Waals surface area contributed by atoms with Gasteiger partial charge in [-0.3, -0.25) is 4.79 Å². The normalized spacial score (nSPS) is 10.5. The number of amides is 1. The van der Waals surface area contributed by atoms with Gasteiger partial charge in [-0.1, -0.05) is 12.1 Å². The van der Waals surface area contributed by atoms with Crippen molar-refractivity contribution in [2.45, 2.75) is 13.8 Å².